The Morgan fingerprint density at radius 3 is 2.90 bits per heavy atom. The molecule has 0 fully saturated rings. The number of nitrogens with one attached hydrogen (secondary N) is 1. The molecule has 0 aliphatic rings. The van der Waals surface area contributed by atoms with E-state index in [9.17, 15) is 4.79 Å². The molecule has 0 bridgehead atoms. The highest BCUT2D eigenvalue weighted by Gasteiger charge is 2.13. The molecule has 100 valence electrons. The molecular weight excluding hydrogens is 274 g/mol. The Morgan fingerprint density at radius 1 is 1.30 bits per heavy atom. The Balaban J connectivity index is 1.95. The van der Waals surface area contributed by atoms with Gasteiger partial charge in [-0.3, -0.25) is 9.36 Å². The van der Waals surface area contributed by atoms with Crippen molar-refractivity contribution in [3.05, 3.63) is 53.1 Å². The summed E-state index contributed by atoms with van der Waals surface area (Å²) >= 11 is 1.38. The first-order valence-corrected chi connectivity index (χ1v) is 6.85. The van der Waals surface area contributed by atoms with Gasteiger partial charge in [0.25, 0.3) is 5.91 Å². The molecule has 0 unspecified atom stereocenters. The summed E-state index contributed by atoms with van der Waals surface area (Å²) < 4.78 is 1.82. The number of nitrogens with zero attached hydrogens (tertiary/aromatic N) is 4. The van der Waals surface area contributed by atoms with Crippen LogP contribution in [0.2, 0.25) is 0 Å². The molecule has 0 spiro atoms. The third-order valence-corrected chi connectivity index (χ3v) is 3.34. The van der Waals surface area contributed by atoms with Gasteiger partial charge in [-0.15, -0.1) is 11.3 Å². The Morgan fingerprint density at radius 2 is 2.20 bits per heavy atom. The van der Waals surface area contributed by atoms with Crippen LogP contribution >= 0.6 is 11.3 Å². The van der Waals surface area contributed by atoms with Crippen LogP contribution < -0.4 is 5.32 Å². The van der Waals surface area contributed by atoms with Crippen molar-refractivity contribution in [3.63, 3.8) is 0 Å². The van der Waals surface area contributed by atoms with Gasteiger partial charge < -0.3 is 5.32 Å². The van der Waals surface area contributed by atoms with E-state index < -0.39 is 0 Å². The fourth-order valence-corrected chi connectivity index (χ4v) is 2.33. The third-order valence-electron chi connectivity index (χ3n) is 2.75. The van der Waals surface area contributed by atoms with Crippen LogP contribution in [0.4, 0.5) is 5.69 Å². The van der Waals surface area contributed by atoms with Crippen LogP contribution in [0.1, 0.15) is 16.3 Å². The van der Waals surface area contributed by atoms with Crippen LogP contribution in [-0.4, -0.2) is 25.4 Å². The summed E-state index contributed by atoms with van der Waals surface area (Å²) in [6, 6.07) is 3.57. The second-order valence-corrected chi connectivity index (χ2v) is 4.77. The molecule has 1 N–H and O–H groups in total. The van der Waals surface area contributed by atoms with Gasteiger partial charge in [-0.1, -0.05) is 0 Å². The maximum atomic E-state index is 12.1. The lowest BCUT2D eigenvalue weighted by Gasteiger charge is -2.10. The number of aryl methyl sites for hydroxylation is 1. The van der Waals surface area contributed by atoms with Crippen molar-refractivity contribution in [3.8, 4) is 5.82 Å². The zero-order valence-electron chi connectivity index (χ0n) is 10.6. The second kappa shape index (κ2) is 5.22. The van der Waals surface area contributed by atoms with Gasteiger partial charge in [-0.2, -0.15) is 0 Å². The van der Waals surface area contributed by atoms with Crippen LogP contribution in [0.25, 0.3) is 5.82 Å². The number of anilines is 1. The summed E-state index contributed by atoms with van der Waals surface area (Å²) in [6.45, 7) is 1.88. The van der Waals surface area contributed by atoms with Gasteiger partial charge >= 0.3 is 0 Å². The maximum Gasteiger partial charge on any atom is 0.275 e. The second-order valence-electron chi connectivity index (χ2n) is 4.05. The van der Waals surface area contributed by atoms with Crippen LogP contribution in [0.15, 0.2) is 41.6 Å². The topological polar surface area (TPSA) is 72.7 Å². The summed E-state index contributed by atoms with van der Waals surface area (Å²) in [7, 11) is 0. The molecule has 0 saturated carbocycles. The van der Waals surface area contributed by atoms with Crippen molar-refractivity contribution in [2.24, 2.45) is 0 Å². The molecule has 0 atom stereocenters. The fraction of sp³-hybridized carbons (Fsp3) is 0.0769. The van der Waals surface area contributed by atoms with Crippen molar-refractivity contribution in [2.45, 2.75) is 6.92 Å². The Bertz CT molecular complexity index is 735. The van der Waals surface area contributed by atoms with Gasteiger partial charge in [-0.05, 0) is 19.1 Å². The molecule has 3 rings (SSSR count). The maximum absolute atomic E-state index is 12.1. The summed E-state index contributed by atoms with van der Waals surface area (Å²) in [6.07, 6.45) is 5.17. The Hall–Kier alpha value is -2.54. The minimum Gasteiger partial charge on any atom is -0.317 e. The predicted octanol–water partition coefficient (Wildman–Crippen LogP) is 2.28. The molecule has 3 heterocycles. The molecule has 0 aromatic carbocycles. The first kappa shape index (κ1) is 12.5. The van der Waals surface area contributed by atoms with Crippen LogP contribution in [0.5, 0.6) is 0 Å². The van der Waals surface area contributed by atoms with Gasteiger partial charge in [0.05, 0.1) is 11.2 Å². The van der Waals surface area contributed by atoms with Gasteiger partial charge in [-0.25, -0.2) is 15.0 Å². The van der Waals surface area contributed by atoms with Crippen molar-refractivity contribution >= 4 is 22.9 Å². The van der Waals surface area contributed by atoms with Crippen molar-refractivity contribution in [1.29, 1.82) is 0 Å². The monoisotopic (exact) mass is 285 g/mol. The van der Waals surface area contributed by atoms with Gasteiger partial charge in [0.15, 0.2) is 5.82 Å². The molecule has 0 saturated heterocycles. The van der Waals surface area contributed by atoms with Gasteiger partial charge in [0.1, 0.15) is 11.5 Å². The lowest BCUT2D eigenvalue weighted by atomic mass is 10.3. The molecule has 20 heavy (non-hydrogen) atoms. The summed E-state index contributed by atoms with van der Waals surface area (Å²) in [5, 5.41) is 4.52. The molecule has 1 amide bonds. The first-order valence-electron chi connectivity index (χ1n) is 5.90. The number of rotatable bonds is 3. The number of hydrogen-bond acceptors (Lipinski definition) is 5. The number of amides is 1. The van der Waals surface area contributed by atoms with E-state index in [0.717, 1.165) is 5.82 Å². The van der Waals surface area contributed by atoms with E-state index in [-0.39, 0.29) is 5.91 Å². The summed E-state index contributed by atoms with van der Waals surface area (Å²) in [5.74, 6) is 1.18. The number of imidazole rings is 1. The van der Waals surface area contributed by atoms with Gasteiger partial charge in [0.2, 0.25) is 0 Å². The van der Waals surface area contributed by atoms with Crippen LogP contribution in [0, 0.1) is 6.92 Å². The van der Waals surface area contributed by atoms with E-state index in [0.29, 0.717) is 17.2 Å². The van der Waals surface area contributed by atoms with Crippen LogP contribution in [-0.2, 0) is 0 Å². The van der Waals surface area contributed by atoms with Gasteiger partial charge in [0, 0.05) is 24.0 Å². The molecule has 3 aromatic rings. The first-order chi connectivity index (χ1) is 9.75. The average molecular weight is 285 g/mol. The molecule has 7 heteroatoms. The minimum atomic E-state index is -0.252. The smallest absolute Gasteiger partial charge is 0.275 e. The molecular formula is C13H11N5OS. The quantitative estimate of drug-likeness (QED) is 0.801. The van der Waals surface area contributed by atoms with E-state index in [1.54, 1.807) is 41.6 Å². The summed E-state index contributed by atoms with van der Waals surface area (Å²) in [4.78, 5) is 24.5. The average Bonchev–Trinajstić information content (AvgIpc) is 3.10. The summed E-state index contributed by atoms with van der Waals surface area (Å²) in [5.41, 5.74) is 2.64. The number of pyridine rings is 1. The SMILES string of the molecule is Cc1nccn1-c1ncccc1NC(=O)c1cscn1. The lowest BCUT2D eigenvalue weighted by molar-refractivity contribution is 0.102. The normalized spacial score (nSPS) is 10.4. The van der Waals surface area contributed by atoms with Crippen molar-refractivity contribution in [1.82, 2.24) is 19.5 Å². The molecule has 0 radical (unpaired) electrons. The van der Waals surface area contributed by atoms with E-state index in [1.807, 2.05) is 11.5 Å². The molecule has 0 aliphatic carbocycles. The largest absolute Gasteiger partial charge is 0.317 e. The van der Waals surface area contributed by atoms with Crippen molar-refractivity contribution < 1.29 is 4.79 Å². The molecule has 3 aromatic heterocycles. The zero-order chi connectivity index (χ0) is 13.9. The number of hydrogen-bond donors (Lipinski definition) is 1. The van der Waals surface area contributed by atoms with E-state index in [2.05, 4.69) is 20.3 Å². The van der Waals surface area contributed by atoms with E-state index in [1.165, 1.54) is 11.3 Å². The molecule has 0 aliphatic heterocycles. The van der Waals surface area contributed by atoms with E-state index >= 15 is 0 Å². The number of thiazole rings is 1. The Kier molecular flexibility index (Phi) is 3.26. The highest BCUT2D eigenvalue weighted by atomic mass is 32.1. The number of carbonyl (C=O) groups is 1. The van der Waals surface area contributed by atoms with Crippen molar-refractivity contribution in [2.75, 3.05) is 5.32 Å². The zero-order valence-corrected chi connectivity index (χ0v) is 11.5. The highest BCUT2D eigenvalue weighted by molar-refractivity contribution is 7.07. The lowest BCUT2D eigenvalue weighted by Crippen LogP contribution is -2.15. The number of carbonyl (C=O) groups excluding carboxylic acids is 1. The fourth-order valence-electron chi connectivity index (χ4n) is 1.80. The third kappa shape index (κ3) is 2.30. The predicted molar refractivity (Wildman–Crippen MR) is 76.2 cm³/mol. The van der Waals surface area contributed by atoms with E-state index in [4.69, 9.17) is 0 Å². The minimum absolute atomic E-state index is 0.252. The number of aromatic nitrogens is 4. The molecule has 6 nitrogen and oxygen atoms in total. The highest BCUT2D eigenvalue weighted by Crippen LogP contribution is 2.19. The van der Waals surface area contributed by atoms with Crippen LogP contribution in [0.3, 0.4) is 0 Å². The standard InChI is InChI=1S/C13H11N5OS/c1-9-14-5-6-18(9)12-10(3-2-4-15-12)17-13(19)11-7-20-8-16-11/h2-8H,1H3,(H,17,19). The Labute approximate surface area is 119 Å².